The van der Waals surface area contributed by atoms with Gasteiger partial charge in [0, 0.05) is 19.7 Å². The van der Waals surface area contributed by atoms with Gasteiger partial charge in [-0.25, -0.2) is 4.98 Å². The first kappa shape index (κ1) is 11.9. The van der Waals surface area contributed by atoms with Crippen LogP contribution in [0.4, 0.5) is 11.5 Å². The second-order valence-corrected chi connectivity index (χ2v) is 3.42. The third-order valence-electron chi connectivity index (χ3n) is 2.17. The Labute approximate surface area is 93.3 Å². The molecule has 0 bridgehead atoms. The number of rotatable bonds is 4. The summed E-state index contributed by atoms with van der Waals surface area (Å²) < 4.78 is 0. The minimum absolute atomic E-state index is 0.0186. The Kier molecular flexibility index (Phi) is 3.78. The van der Waals surface area contributed by atoms with Crippen molar-refractivity contribution < 1.29 is 4.92 Å². The fraction of sp³-hybridized carbons (Fsp3) is 0.400. The molecule has 0 saturated carbocycles. The van der Waals surface area contributed by atoms with Crippen LogP contribution in [0.15, 0.2) is 12.3 Å². The number of aromatic nitrogens is 1. The minimum atomic E-state index is -0.473. The third kappa shape index (κ3) is 2.67. The Hall–Kier alpha value is -2.16. The van der Waals surface area contributed by atoms with Crippen LogP contribution in [-0.4, -0.2) is 23.5 Å². The molecule has 6 heteroatoms. The number of aryl methyl sites for hydroxylation is 1. The van der Waals surface area contributed by atoms with Crippen LogP contribution in [0.3, 0.4) is 0 Å². The largest absolute Gasteiger partial charge is 0.358 e. The van der Waals surface area contributed by atoms with Crippen LogP contribution in [0.5, 0.6) is 0 Å². The molecule has 0 aliphatic rings. The predicted molar refractivity (Wildman–Crippen MR) is 59.1 cm³/mol. The maximum Gasteiger partial charge on any atom is 0.287 e. The zero-order chi connectivity index (χ0) is 12.1. The number of anilines is 1. The molecule has 6 nitrogen and oxygen atoms in total. The molecule has 1 rings (SSSR count). The molecule has 16 heavy (non-hydrogen) atoms. The van der Waals surface area contributed by atoms with Crippen molar-refractivity contribution in [3.8, 4) is 6.07 Å². The lowest BCUT2D eigenvalue weighted by Gasteiger charge is -2.18. The van der Waals surface area contributed by atoms with E-state index in [1.54, 1.807) is 14.0 Å². The molecule has 0 fully saturated rings. The van der Waals surface area contributed by atoms with E-state index < -0.39 is 4.92 Å². The summed E-state index contributed by atoms with van der Waals surface area (Å²) >= 11 is 0. The highest BCUT2D eigenvalue weighted by atomic mass is 16.6. The first-order chi connectivity index (χ1) is 7.56. The normalized spacial score (nSPS) is 9.56. The van der Waals surface area contributed by atoms with E-state index in [9.17, 15) is 10.1 Å². The van der Waals surface area contributed by atoms with Crippen LogP contribution in [-0.2, 0) is 0 Å². The molecule has 0 radical (unpaired) electrons. The number of nitrogens with zero attached hydrogens (tertiary/aromatic N) is 4. The molecule has 0 aromatic carbocycles. The van der Waals surface area contributed by atoms with Gasteiger partial charge in [0.2, 0.25) is 0 Å². The highest BCUT2D eigenvalue weighted by Crippen LogP contribution is 2.20. The van der Waals surface area contributed by atoms with Gasteiger partial charge in [-0.05, 0) is 12.5 Å². The Morgan fingerprint density at radius 3 is 2.88 bits per heavy atom. The summed E-state index contributed by atoms with van der Waals surface area (Å²) in [6.07, 6.45) is 1.62. The van der Waals surface area contributed by atoms with Crippen LogP contribution in [0, 0.1) is 28.4 Å². The zero-order valence-corrected chi connectivity index (χ0v) is 9.17. The van der Waals surface area contributed by atoms with Crippen molar-refractivity contribution in [3.63, 3.8) is 0 Å². The van der Waals surface area contributed by atoms with E-state index in [2.05, 4.69) is 4.98 Å². The average molecular weight is 220 g/mol. The van der Waals surface area contributed by atoms with Crippen LogP contribution >= 0.6 is 0 Å². The van der Waals surface area contributed by atoms with Crippen LogP contribution in [0.1, 0.15) is 12.0 Å². The summed E-state index contributed by atoms with van der Waals surface area (Å²) in [5.74, 6) is 0.667. The lowest BCUT2D eigenvalue weighted by atomic mass is 10.2. The minimum Gasteiger partial charge on any atom is -0.358 e. The second-order valence-electron chi connectivity index (χ2n) is 3.42. The molecule has 1 aromatic heterocycles. The van der Waals surface area contributed by atoms with Gasteiger partial charge in [-0.3, -0.25) is 10.1 Å². The SMILES string of the molecule is Cc1cc([N+](=O)[O-])cnc1N(C)CCC#N. The van der Waals surface area contributed by atoms with Crippen molar-refractivity contribution in [2.45, 2.75) is 13.3 Å². The molecule has 0 spiro atoms. The van der Waals surface area contributed by atoms with Crippen molar-refractivity contribution in [1.82, 2.24) is 4.98 Å². The number of nitriles is 1. The van der Waals surface area contributed by atoms with E-state index in [-0.39, 0.29) is 5.69 Å². The van der Waals surface area contributed by atoms with Crippen molar-refractivity contribution in [2.24, 2.45) is 0 Å². The van der Waals surface area contributed by atoms with Crippen molar-refractivity contribution in [3.05, 3.63) is 27.9 Å². The Morgan fingerprint density at radius 1 is 1.69 bits per heavy atom. The van der Waals surface area contributed by atoms with E-state index in [0.29, 0.717) is 18.8 Å². The van der Waals surface area contributed by atoms with Gasteiger partial charge in [0.05, 0.1) is 17.4 Å². The topological polar surface area (TPSA) is 83.1 Å². The van der Waals surface area contributed by atoms with Crippen LogP contribution in [0.25, 0.3) is 0 Å². The van der Waals surface area contributed by atoms with Crippen molar-refractivity contribution >= 4 is 11.5 Å². The maximum atomic E-state index is 10.5. The molecule has 0 aliphatic carbocycles. The Morgan fingerprint density at radius 2 is 2.38 bits per heavy atom. The molecule has 1 heterocycles. The summed E-state index contributed by atoms with van der Waals surface area (Å²) in [7, 11) is 1.80. The van der Waals surface area contributed by atoms with E-state index in [0.717, 1.165) is 5.56 Å². The van der Waals surface area contributed by atoms with Crippen molar-refractivity contribution in [1.29, 1.82) is 5.26 Å². The van der Waals surface area contributed by atoms with Gasteiger partial charge in [0.1, 0.15) is 12.0 Å². The molecule has 0 N–H and O–H groups in total. The lowest BCUT2D eigenvalue weighted by Crippen LogP contribution is -2.20. The first-order valence-electron chi connectivity index (χ1n) is 4.75. The molecular formula is C10H12N4O2. The highest BCUT2D eigenvalue weighted by molar-refractivity contribution is 5.49. The van der Waals surface area contributed by atoms with Crippen molar-refractivity contribution in [2.75, 3.05) is 18.5 Å². The van der Waals surface area contributed by atoms with Gasteiger partial charge in [-0.15, -0.1) is 0 Å². The van der Waals surface area contributed by atoms with Gasteiger partial charge in [0.15, 0.2) is 0 Å². The standard InChI is InChI=1S/C10H12N4O2/c1-8-6-9(14(15)16)7-12-10(8)13(2)5-3-4-11/h6-7H,3,5H2,1-2H3. The molecule has 1 aromatic rings. The number of nitro groups is 1. The summed E-state index contributed by atoms with van der Waals surface area (Å²) in [4.78, 5) is 15.9. The van der Waals surface area contributed by atoms with Crippen LogP contribution in [0.2, 0.25) is 0 Å². The monoisotopic (exact) mass is 220 g/mol. The summed E-state index contributed by atoms with van der Waals surface area (Å²) in [5, 5.41) is 19.0. The van der Waals surface area contributed by atoms with Gasteiger partial charge >= 0.3 is 0 Å². The summed E-state index contributed by atoms with van der Waals surface area (Å²) in [5.41, 5.74) is 0.713. The van der Waals surface area contributed by atoms with E-state index >= 15 is 0 Å². The number of pyridine rings is 1. The molecule has 0 aliphatic heterocycles. The van der Waals surface area contributed by atoms with Gasteiger partial charge in [-0.1, -0.05) is 0 Å². The lowest BCUT2D eigenvalue weighted by molar-refractivity contribution is -0.385. The molecule has 0 saturated heterocycles. The van der Waals surface area contributed by atoms with E-state index in [1.807, 2.05) is 11.0 Å². The van der Waals surface area contributed by atoms with E-state index in [4.69, 9.17) is 5.26 Å². The molecule has 0 atom stereocenters. The zero-order valence-electron chi connectivity index (χ0n) is 9.17. The quantitative estimate of drug-likeness (QED) is 0.569. The maximum absolute atomic E-state index is 10.5. The average Bonchev–Trinajstić information content (AvgIpc) is 2.25. The number of hydrogen-bond acceptors (Lipinski definition) is 5. The molecule has 0 amide bonds. The van der Waals surface area contributed by atoms with Gasteiger partial charge in [0.25, 0.3) is 5.69 Å². The Bertz CT molecular complexity index is 439. The summed E-state index contributed by atoms with van der Waals surface area (Å²) in [6, 6.07) is 3.52. The fourth-order valence-corrected chi connectivity index (χ4v) is 1.38. The molecular weight excluding hydrogens is 208 g/mol. The second kappa shape index (κ2) is 5.07. The van der Waals surface area contributed by atoms with Gasteiger partial charge in [-0.2, -0.15) is 5.26 Å². The highest BCUT2D eigenvalue weighted by Gasteiger charge is 2.11. The predicted octanol–water partition coefficient (Wildman–Crippen LogP) is 1.65. The first-order valence-corrected chi connectivity index (χ1v) is 4.75. The van der Waals surface area contributed by atoms with Crippen LogP contribution < -0.4 is 4.90 Å². The molecule has 0 unspecified atom stereocenters. The smallest absolute Gasteiger partial charge is 0.287 e. The fourth-order valence-electron chi connectivity index (χ4n) is 1.38. The van der Waals surface area contributed by atoms with Gasteiger partial charge < -0.3 is 4.90 Å². The third-order valence-corrected chi connectivity index (χ3v) is 2.17. The Balaban J connectivity index is 2.91. The van der Waals surface area contributed by atoms with E-state index in [1.165, 1.54) is 12.3 Å². The summed E-state index contributed by atoms with van der Waals surface area (Å²) in [6.45, 7) is 2.32. The number of hydrogen-bond donors (Lipinski definition) is 0. The molecule has 84 valence electrons.